The molecule has 0 spiro atoms. The lowest BCUT2D eigenvalue weighted by Crippen LogP contribution is -2.46. The Morgan fingerprint density at radius 2 is 2.03 bits per heavy atom. The third-order valence-corrected chi connectivity index (χ3v) is 5.89. The van der Waals surface area contributed by atoms with Crippen LogP contribution in [0.3, 0.4) is 0 Å². The van der Waals surface area contributed by atoms with Crippen LogP contribution in [0, 0.1) is 17.8 Å². The van der Waals surface area contributed by atoms with E-state index >= 15 is 0 Å². The zero-order valence-corrected chi connectivity index (χ0v) is 21.5. The summed E-state index contributed by atoms with van der Waals surface area (Å²) in [4.78, 5) is 41.3. The lowest BCUT2D eigenvalue weighted by atomic mass is 9.80. The number of methoxy groups -OCH3 is 1. The van der Waals surface area contributed by atoms with Gasteiger partial charge >= 0.3 is 11.9 Å². The molecule has 0 bridgehead atoms. The Hall–Kier alpha value is -2.88. The second kappa shape index (κ2) is 13.9. The summed E-state index contributed by atoms with van der Waals surface area (Å²) in [5.41, 5.74) is -0.126. The van der Waals surface area contributed by atoms with Crippen molar-refractivity contribution in [2.24, 2.45) is 17.8 Å². The number of nitrogens with one attached hydrogen (secondary N) is 1. The lowest BCUT2D eigenvalue weighted by Gasteiger charge is -2.31. The summed E-state index contributed by atoms with van der Waals surface area (Å²) in [6.45, 7) is 9.58. The number of rotatable bonds is 10. The Labute approximate surface area is 207 Å². The van der Waals surface area contributed by atoms with Gasteiger partial charge < -0.3 is 29.0 Å². The zero-order valence-electron chi connectivity index (χ0n) is 21.5. The van der Waals surface area contributed by atoms with Crippen molar-refractivity contribution in [3.05, 3.63) is 18.0 Å². The molecule has 2 heterocycles. The number of carbonyl (C=O) groups excluding carboxylic acids is 3. The molecule has 1 aliphatic heterocycles. The van der Waals surface area contributed by atoms with E-state index in [9.17, 15) is 14.4 Å². The SMILES string of the molecule is CCC[C@H]1COC[C@H](NC(=O)c2nccc(OC)c2OCOC(C)=O)C(=O)O[C@@H](C)[C@@H]1CC(C)C. The number of esters is 2. The van der Waals surface area contributed by atoms with E-state index in [0.29, 0.717) is 12.5 Å². The molecule has 1 fully saturated rings. The van der Waals surface area contributed by atoms with Crippen LogP contribution in [0.1, 0.15) is 64.4 Å². The molecule has 2 rings (SSSR count). The highest BCUT2D eigenvalue weighted by Gasteiger charge is 2.35. The molecule has 1 N–H and O–H groups in total. The molecule has 196 valence electrons. The molecule has 0 saturated carbocycles. The van der Waals surface area contributed by atoms with Gasteiger partial charge in [-0.05, 0) is 31.6 Å². The van der Waals surface area contributed by atoms with Crippen molar-refractivity contribution in [3.63, 3.8) is 0 Å². The summed E-state index contributed by atoms with van der Waals surface area (Å²) in [6, 6.07) is 0.473. The van der Waals surface area contributed by atoms with E-state index in [1.54, 1.807) is 0 Å². The number of carbonyl (C=O) groups is 3. The summed E-state index contributed by atoms with van der Waals surface area (Å²) in [5.74, 6) is -0.727. The van der Waals surface area contributed by atoms with Crippen molar-refractivity contribution >= 4 is 17.8 Å². The summed E-state index contributed by atoms with van der Waals surface area (Å²) in [7, 11) is 1.40. The van der Waals surface area contributed by atoms with E-state index in [0.717, 1.165) is 19.3 Å². The van der Waals surface area contributed by atoms with Gasteiger partial charge in [0.25, 0.3) is 5.91 Å². The van der Waals surface area contributed by atoms with E-state index in [1.165, 1.54) is 26.3 Å². The van der Waals surface area contributed by atoms with Crippen LogP contribution >= 0.6 is 0 Å². The van der Waals surface area contributed by atoms with E-state index in [2.05, 4.69) is 31.1 Å². The maximum atomic E-state index is 13.1. The van der Waals surface area contributed by atoms with Crippen molar-refractivity contribution < 1.29 is 38.1 Å². The Morgan fingerprint density at radius 1 is 1.29 bits per heavy atom. The molecule has 1 aromatic heterocycles. The van der Waals surface area contributed by atoms with Gasteiger partial charge in [-0.25, -0.2) is 9.78 Å². The van der Waals surface area contributed by atoms with Gasteiger partial charge in [0.1, 0.15) is 6.10 Å². The molecule has 1 aliphatic rings. The molecule has 1 amide bonds. The molecule has 0 aromatic carbocycles. The van der Waals surface area contributed by atoms with Crippen LogP contribution in [-0.2, 0) is 23.8 Å². The average molecular weight is 495 g/mol. The molecule has 10 nitrogen and oxygen atoms in total. The molecule has 0 aliphatic carbocycles. The highest BCUT2D eigenvalue weighted by atomic mass is 16.7. The highest BCUT2D eigenvalue weighted by Crippen LogP contribution is 2.32. The summed E-state index contributed by atoms with van der Waals surface area (Å²) in [5, 5.41) is 2.65. The first-order valence-corrected chi connectivity index (χ1v) is 12.1. The number of hydrogen-bond acceptors (Lipinski definition) is 9. The van der Waals surface area contributed by atoms with Crippen LogP contribution < -0.4 is 14.8 Å². The normalized spacial score (nSPS) is 22.9. The number of pyridine rings is 1. The largest absolute Gasteiger partial charge is 0.493 e. The predicted molar refractivity (Wildman–Crippen MR) is 127 cm³/mol. The van der Waals surface area contributed by atoms with Gasteiger partial charge in [0.15, 0.2) is 23.2 Å². The van der Waals surface area contributed by atoms with E-state index < -0.39 is 30.7 Å². The second-order valence-electron chi connectivity index (χ2n) is 9.14. The number of aromatic nitrogens is 1. The van der Waals surface area contributed by atoms with Gasteiger partial charge in [0.05, 0.1) is 13.7 Å². The average Bonchev–Trinajstić information content (AvgIpc) is 2.84. The molecule has 0 radical (unpaired) electrons. The monoisotopic (exact) mass is 494 g/mol. The first-order valence-electron chi connectivity index (χ1n) is 12.1. The first kappa shape index (κ1) is 28.4. The fourth-order valence-electron chi connectivity index (χ4n) is 4.25. The van der Waals surface area contributed by atoms with Crippen molar-refractivity contribution in [1.82, 2.24) is 10.3 Å². The van der Waals surface area contributed by atoms with Crippen molar-refractivity contribution in [2.75, 3.05) is 27.1 Å². The molecule has 10 heteroatoms. The Balaban J connectivity index is 2.21. The predicted octanol–water partition coefficient (Wildman–Crippen LogP) is 3.13. The summed E-state index contributed by atoms with van der Waals surface area (Å²) in [6.07, 6.45) is 3.93. The smallest absolute Gasteiger partial charge is 0.331 e. The number of amides is 1. The molecule has 0 unspecified atom stereocenters. The zero-order chi connectivity index (χ0) is 26.0. The van der Waals surface area contributed by atoms with Crippen LogP contribution in [0.5, 0.6) is 11.5 Å². The molecule has 1 saturated heterocycles. The van der Waals surface area contributed by atoms with Crippen LogP contribution in [0.2, 0.25) is 0 Å². The van der Waals surface area contributed by atoms with Gasteiger partial charge in [-0.1, -0.05) is 27.2 Å². The van der Waals surface area contributed by atoms with Crippen LogP contribution in [0.4, 0.5) is 0 Å². The Kier molecular flexibility index (Phi) is 11.2. The first-order chi connectivity index (χ1) is 16.7. The molecule has 35 heavy (non-hydrogen) atoms. The molecule has 1 aromatic rings. The fourth-order valence-corrected chi connectivity index (χ4v) is 4.25. The minimum absolute atomic E-state index is 0.0144. The van der Waals surface area contributed by atoms with Gasteiger partial charge in [-0.15, -0.1) is 0 Å². The van der Waals surface area contributed by atoms with Gasteiger partial charge in [0.2, 0.25) is 6.79 Å². The maximum Gasteiger partial charge on any atom is 0.331 e. The van der Waals surface area contributed by atoms with Crippen LogP contribution in [0.25, 0.3) is 0 Å². The van der Waals surface area contributed by atoms with Crippen LogP contribution in [0.15, 0.2) is 12.3 Å². The highest BCUT2D eigenvalue weighted by molar-refractivity contribution is 5.98. The number of nitrogens with zero attached hydrogens (tertiary/aromatic N) is 1. The summed E-state index contributed by atoms with van der Waals surface area (Å²) >= 11 is 0. The van der Waals surface area contributed by atoms with Gasteiger partial charge in [0, 0.05) is 31.7 Å². The maximum absolute atomic E-state index is 13.1. The van der Waals surface area contributed by atoms with Gasteiger partial charge in [-0.2, -0.15) is 0 Å². The second-order valence-corrected chi connectivity index (χ2v) is 9.14. The number of hydrogen-bond donors (Lipinski definition) is 1. The fraction of sp³-hybridized carbons (Fsp3) is 0.680. The van der Waals surface area contributed by atoms with Crippen LogP contribution in [-0.4, -0.2) is 62.1 Å². The van der Waals surface area contributed by atoms with E-state index in [4.69, 9.17) is 23.7 Å². The molecular weight excluding hydrogens is 456 g/mol. The van der Waals surface area contributed by atoms with E-state index in [-0.39, 0.29) is 41.7 Å². The molecular formula is C25H38N2O8. The topological polar surface area (TPSA) is 122 Å². The van der Waals surface area contributed by atoms with Gasteiger partial charge in [-0.3, -0.25) is 9.59 Å². The number of ether oxygens (including phenoxy) is 5. The standard InChI is InChI=1S/C25H38N2O8/c1-7-8-18-12-32-13-20(25(30)35-16(4)19(18)11-15(2)3)27-24(29)22-23(34-14-33-17(5)28)21(31-6)9-10-26-22/h9-10,15-16,18-20H,7-8,11-14H2,1-6H3,(H,27,29)/t16-,18-,19-,20-/m0/s1. The van der Waals surface area contributed by atoms with Crippen molar-refractivity contribution in [3.8, 4) is 11.5 Å². The number of cyclic esters (lactones) is 1. The summed E-state index contributed by atoms with van der Waals surface area (Å²) < 4.78 is 27.2. The van der Waals surface area contributed by atoms with Crippen molar-refractivity contribution in [2.45, 2.75) is 66.0 Å². The quantitative estimate of drug-likeness (QED) is 0.386. The Bertz CT molecular complexity index is 860. The third kappa shape index (κ3) is 8.38. The minimum Gasteiger partial charge on any atom is -0.493 e. The lowest BCUT2D eigenvalue weighted by molar-refractivity contribution is -0.154. The molecule has 4 atom stereocenters. The minimum atomic E-state index is -1.03. The van der Waals surface area contributed by atoms with Crippen molar-refractivity contribution in [1.29, 1.82) is 0 Å². The Morgan fingerprint density at radius 3 is 2.66 bits per heavy atom. The third-order valence-electron chi connectivity index (χ3n) is 5.89. The van der Waals surface area contributed by atoms with E-state index in [1.807, 2.05) is 6.92 Å².